The van der Waals surface area contributed by atoms with Gasteiger partial charge < -0.3 is 19.3 Å². The Balaban J connectivity index is 1.40. The van der Waals surface area contributed by atoms with Crippen LogP contribution in [0.1, 0.15) is 46.4 Å². The van der Waals surface area contributed by atoms with Gasteiger partial charge in [0.05, 0.1) is 19.8 Å². The number of imide groups is 1. The molecule has 3 amide bonds. The van der Waals surface area contributed by atoms with Crippen LogP contribution >= 0.6 is 0 Å². The van der Waals surface area contributed by atoms with Gasteiger partial charge in [0, 0.05) is 29.4 Å². The van der Waals surface area contributed by atoms with Crippen LogP contribution < -0.4 is 14.8 Å². The lowest BCUT2D eigenvalue weighted by atomic mass is 9.91. The predicted molar refractivity (Wildman–Crippen MR) is 124 cm³/mol. The second kappa shape index (κ2) is 8.30. The third-order valence-corrected chi connectivity index (χ3v) is 6.48. The summed E-state index contributed by atoms with van der Waals surface area (Å²) in [5.74, 6) is 1.47. The first kappa shape index (κ1) is 22.7. The Morgan fingerprint density at radius 2 is 1.83 bits per heavy atom. The SMILES string of the molecule is Cc1cc(-n2c(C)cc(C(=O)CN3C(=O)N[C@@](C)(c4ccc5c(c4)OCCCO5)C3=O)c2C)no1. The number of urea groups is 1. The quantitative estimate of drug-likeness (QED) is 0.442. The third-order valence-electron chi connectivity index (χ3n) is 6.48. The monoisotopic (exact) mass is 478 g/mol. The molecule has 35 heavy (non-hydrogen) atoms. The maximum absolute atomic E-state index is 13.4. The fourth-order valence-corrected chi connectivity index (χ4v) is 4.60. The highest BCUT2D eigenvalue weighted by atomic mass is 16.5. The molecule has 0 saturated carbocycles. The molecule has 10 nitrogen and oxygen atoms in total. The summed E-state index contributed by atoms with van der Waals surface area (Å²) in [7, 11) is 0. The van der Waals surface area contributed by atoms with Gasteiger partial charge in [0.1, 0.15) is 11.3 Å². The van der Waals surface area contributed by atoms with E-state index in [0.29, 0.717) is 53.1 Å². The summed E-state index contributed by atoms with van der Waals surface area (Å²) in [6.07, 6.45) is 0.754. The van der Waals surface area contributed by atoms with E-state index in [0.717, 1.165) is 17.0 Å². The number of amides is 3. The van der Waals surface area contributed by atoms with E-state index in [2.05, 4.69) is 10.5 Å². The molecule has 0 radical (unpaired) electrons. The van der Waals surface area contributed by atoms with Gasteiger partial charge >= 0.3 is 6.03 Å². The van der Waals surface area contributed by atoms with E-state index in [-0.39, 0.29) is 12.3 Å². The third kappa shape index (κ3) is 3.74. The Kier molecular flexibility index (Phi) is 5.38. The highest BCUT2D eigenvalue weighted by Gasteiger charge is 2.50. The fraction of sp³-hybridized carbons (Fsp3) is 0.360. The van der Waals surface area contributed by atoms with E-state index in [9.17, 15) is 14.4 Å². The Labute approximate surface area is 201 Å². The summed E-state index contributed by atoms with van der Waals surface area (Å²) in [6.45, 7) is 7.71. The molecule has 1 atom stereocenters. The van der Waals surface area contributed by atoms with Gasteiger partial charge in [0.15, 0.2) is 23.1 Å². The molecule has 5 rings (SSSR count). The van der Waals surface area contributed by atoms with Crippen LogP contribution in [0, 0.1) is 20.8 Å². The Bertz CT molecular complexity index is 1360. The van der Waals surface area contributed by atoms with Crippen molar-refractivity contribution >= 4 is 17.7 Å². The Morgan fingerprint density at radius 1 is 1.09 bits per heavy atom. The van der Waals surface area contributed by atoms with Crippen molar-refractivity contribution in [2.45, 2.75) is 39.7 Å². The minimum absolute atomic E-state index is 0.351. The predicted octanol–water partition coefficient (Wildman–Crippen LogP) is 3.20. The van der Waals surface area contributed by atoms with Gasteiger partial charge in [0.2, 0.25) is 0 Å². The van der Waals surface area contributed by atoms with Crippen molar-refractivity contribution in [3.63, 3.8) is 0 Å². The fourth-order valence-electron chi connectivity index (χ4n) is 4.60. The number of nitrogens with one attached hydrogen (secondary N) is 1. The van der Waals surface area contributed by atoms with Gasteiger partial charge in [-0.3, -0.25) is 19.1 Å². The summed E-state index contributed by atoms with van der Waals surface area (Å²) >= 11 is 0. The largest absolute Gasteiger partial charge is 0.490 e. The normalized spacial score (nSPS) is 19.6. The number of benzene rings is 1. The molecule has 2 aromatic heterocycles. The molecule has 0 aliphatic carbocycles. The van der Waals surface area contributed by atoms with Gasteiger partial charge in [-0.15, -0.1) is 0 Å². The maximum Gasteiger partial charge on any atom is 0.325 e. The topological polar surface area (TPSA) is 116 Å². The number of carbonyl (C=O) groups is 3. The molecule has 1 aromatic carbocycles. The number of aromatic nitrogens is 2. The number of ether oxygens (including phenoxy) is 2. The zero-order valence-corrected chi connectivity index (χ0v) is 20.0. The van der Waals surface area contributed by atoms with Crippen molar-refractivity contribution in [2.75, 3.05) is 19.8 Å². The first-order valence-electron chi connectivity index (χ1n) is 11.4. The van der Waals surface area contributed by atoms with Gasteiger partial charge in [-0.2, -0.15) is 0 Å². The number of nitrogens with zero attached hydrogens (tertiary/aromatic N) is 3. The lowest BCUT2D eigenvalue weighted by Crippen LogP contribution is -2.41. The Hall–Kier alpha value is -4.08. The molecule has 3 aromatic rings. The molecule has 1 N–H and O–H groups in total. The number of rotatable bonds is 5. The summed E-state index contributed by atoms with van der Waals surface area (Å²) < 4.78 is 18.4. The van der Waals surface area contributed by atoms with Crippen molar-refractivity contribution in [2.24, 2.45) is 0 Å². The van der Waals surface area contributed by atoms with Crippen LogP contribution in [0.5, 0.6) is 11.5 Å². The Morgan fingerprint density at radius 3 is 2.54 bits per heavy atom. The number of hydrogen-bond donors (Lipinski definition) is 1. The molecule has 0 spiro atoms. The van der Waals surface area contributed by atoms with Crippen LogP contribution in [-0.4, -0.2) is 52.1 Å². The number of aryl methyl sites for hydroxylation is 2. The molecule has 2 aliphatic heterocycles. The summed E-state index contributed by atoms with van der Waals surface area (Å²) in [4.78, 5) is 40.4. The zero-order chi connectivity index (χ0) is 24.9. The average Bonchev–Trinajstić information content (AvgIpc) is 3.35. The molecule has 0 bridgehead atoms. The van der Waals surface area contributed by atoms with E-state index in [1.807, 2.05) is 6.92 Å². The molecular formula is C25H26N4O6. The van der Waals surface area contributed by atoms with Gasteiger partial charge in [-0.25, -0.2) is 4.79 Å². The van der Waals surface area contributed by atoms with E-state index in [4.69, 9.17) is 14.0 Å². The van der Waals surface area contributed by atoms with Gasteiger partial charge in [0.25, 0.3) is 5.91 Å². The van der Waals surface area contributed by atoms with Crippen LogP contribution in [0.3, 0.4) is 0 Å². The van der Waals surface area contributed by atoms with Crippen LogP contribution in [0.15, 0.2) is 34.9 Å². The van der Waals surface area contributed by atoms with Crippen LogP contribution in [0.2, 0.25) is 0 Å². The molecule has 10 heteroatoms. The van der Waals surface area contributed by atoms with E-state index < -0.39 is 17.5 Å². The number of ketones is 1. The van der Waals surface area contributed by atoms with Gasteiger partial charge in [-0.05, 0) is 51.5 Å². The molecule has 1 saturated heterocycles. The smallest absolute Gasteiger partial charge is 0.325 e. The van der Waals surface area contributed by atoms with E-state index in [1.54, 1.807) is 55.7 Å². The average molecular weight is 479 g/mol. The number of Topliss-reactive ketones (excluding diaryl/α,β-unsaturated/α-hetero) is 1. The highest BCUT2D eigenvalue weighted by Crippen LogP contribution is 2.36. The van der Waals surface area contributed by atoms with Crippen molar-refractivity contribution in [1.29, 1.82) is 0 Å². The van der Waals surface area contributed by atoms with E-state index >= 15 is 0 Å². The maximum atomic E-state index is 13.4. The standard InChI is InChI=1S/C25H26N4O6/c1-14-10-18(16(3)29(14)22-11-15(2)35-27-22)19(30)13-28-23(31)25(4,26-24(28)32)17-6-7-20-21(12-17)34-9-5-8-33-20/h6-7,10-12H,5,8-9,13H2,1-4H3,(H,26,32)/t25-/m0/s1. The second-order valence-corrected chi connectivity index (χ2v) is 9.00. The van der Waals surface area contributed by atoms with E-state index in [1.165, 1.54) is 0 Å². The highest BCUT2D eigenvalue weighted by molar-refractivity contribution is 6.11. The minimum atomic E-state index is -1.34. The number of hydrogen-bond acceptors (Lipinski definition) is 7. The lowest BCUT2D eigenvalue weighted by Gasteiger charge is -2.23. The summed E-state index contributed by atoms with van der Waals surface area (Å²) in [5, 5.41) is 6.77. The second-order valence-electron chi connectivity index (χ2n) is 9.00. The van der Waals surface area contributed by atoms with Crippen molar-refractivity contribution in [3.05, 3.63) is 58.6 Å². The zero-order valence-electron chi connectivity index (χ0n) is 20.0. The molecule has 1 fully saturated rings. The number of carbonyl (C=O) groups excluding carboxylic acids is 3. The minimum Gasteiger partial charge on any atom is -0.490 e. The molecule has 182 valence electrons. The molecule has 2 aliphatic rings. The first-order valence-corrected chi connectivity index (χ1v) is 11.4. The van der Waals surface area contributed by atoms with Crippen molar-refractivity contribution in [1.82, 2.24) is 19.9 Å². The van der Waals surface area contributed by atoms with Crippen molar-refractivity contribution < 1.29 is 28.4 Å². The molecular weight excluding hydrogens is 452 g/mol. The summed E-state index contributed by atoms with van der Waals surface area (Å²) in [5.41, 5.74) is 1.06. The molecule has 4 heterocycles. The lowest BCUT2D eigenvalue weighted by molar-refractivity contribution is -0.130. The first-order chi connectivity index (χ1) is 16.7. The summed E-state index contributed by atoms with van der Waals surface area (Å²) in [6, 6.07) is 8.03. The van der Waals surface area contributed by atoms with Crippen molar-refractivity contribution in [3.8, 4) is 17.3 Å². The van der Waals surface area contributed by atoms with Crippen LogP contribution in [-0.2, 0) is 10.3 Å². The van der Waals surface area contributed by atoms with Crippen LogP contribution in [0.25, 0.3) is 5.82 Å². The van der Waals surface area contributed by atoms with Gasteiger partial charge in [-0.1, -0.05) is 11.2 Å². The number of fused-ring (bicyclic) bond motifs is 1. The molecule has 0 unspecified atom stereocenters. The van der Waals surface area contributed by atoms with Crippen LogP contribution in [0.4, 0.5) is 4.79 Å².